The molecule has 0 saturated heterocycles. The maximum absolute atomic E-state index is 4.62. The Labute approximate surface area is 154 Å². The molecule has 0 unspecified atom stereocenters. The lowest BCUT2D eigenvalue weighted by Crippen LogP contribution is -2.02. The second kappa shape index (κ2) is 7.24. The molecule has 4 heteroatoms. The van der Waals surface area contributed by atoms with Crippen molar-refractivity contribution in [1.29, 1.82) is 0 Å². The van der Waals surface area contributed by atoms with Crippen LogP contribution in [0.25, 0.3) is 11.4 Å². The van der Waals surface area contributed by atoms with Gasteiger partial charge in [0.15, 0.2) is 5.82 Å². The van der Waals surface area contributed by atoms with Gasteiger partial charge in [-0.2, -0.15) is 0 Å². The zero-order valence-electron chi connectivity index (χ0n) is 15.4. The van der Waals surface area contributed by atoms with Crippen LogP contribution in [0.1, 0.15) is 41.8 Å². The van der Waals surface area contributed by atoms with E-state index in [2.05, 4.69) is 63.9 Å². The van der Waals surface area contributed by atoms with Gasteiger partial charge in [-0.3, -0.25) is 4.99 Å². The number of benzene rings is 2. The van der Waals surface area contributed by atoms with Gasteiger partial charge in [0.05, 0.1) is 5.69 Å². The highest BCUT2D eigenvalue weighted by atomic mass is 15.3. The summed E-state index contributed by atoms with van der Waals surface area (Å²) in [5, 5.41) is 8.82. The highest BCUT2D eigenvalue weighted by Crippen LogP contribution is 2.24. The van der Waals surface area contributed by atoms with Crippen molar-refractivity contribution in [2.45, 2.75) is 46.1 Å². The van der Waals surface area contributed by atoms with Crippen LogP contribution in [-0.2, 0) is 13.0 Å². The first-order valence-corrected chi connectivity index (χ1v) is 9.34. The molecule has 0 radical (unpaired) electrons. The second-order valence-corrected chi connectivity index (χ2v) is 7.07. The molecule has 2 aromatic carbocycles. The van der Waals surface area contributed by atoms with E-state index in [0.717, 1.165) is 41.4 Å². The Morgan fingerprint density at radius 2 is 1.81 bits per heavy atom. The Morgan fingerprint density at radius 1 is 0.962 bits per heavy atom. The van der Waals surface area contributed by atoms with E-state index in [4.69, 9.17) is 0 Å². The summed E-state index contributed by atoms with van der Waals surface area (Å²) >= 11 is 0. The molecule has 0 fully saturated rings. The van der Waals surface area contributed by atoms with E-state index in [1.807, 2.05) is 18.3 Å². The Bertz CT molecular complexity index is 935. The van der Waals surface area contributed by atoms with Gasteiger partial charge in [-0.05, 0) is 62.1 Å². The van der Waals surface area contributed by atoms with E-state index in [-0.39, 0.29) is 0 Å². The van der Waals surface area contributed by atoms with E-state index in [9.17, 15) is 0 Å². The van der Waals surface area contributed by atoms with Crippen molar-refractivity contribution < 1.29 is 0 Å². The Hall–Kier alpha value is -2.75. The third kappa shape index (κ3) is 3.45. The zero-order valence-corrected chi connectivity index (χ0v) is 15.4. The van der Waals surface area contributed by atoms with E-state index in [1.54, 1.807) is 0 Å². The summed E-state index contributed by atoms with van der Waals surface area (Å²) in [4.78, 5) is 4.62. The molecule has 1 aromatic heterocycles. The van der Waals surface area contributed by atoms with E-state index >= 15 is 0 Å². The molecule has 4 rings (SSSR count). The zero-order chi connectivity index (χ0) is 17.9. The largest absolute Gasteiger partial charge is 0.311 e. The first-order valence-electron chi connectivity index (χ1n) is 9.34. The van der Waals surface area contributed by atoms with Crippen LogP contribution in [0.15, 0.2) is 47.5 Å². The smallest absolute Gasteiger partial charge is 0.163 e. The molecule has 3 aromatic rings. The Kier molecular flexibility index (Phi) is 4.65. The SMILES string of the molecule is Cc1ccc(C=Nc2ccc(-c3nnc4n3CCCCC4)cc2)c(C)c1. The van der Waals surface area contributed by atoms with Gasteiger partial charge in [-0.25, -0.2) is 0 Å². The molecule has 0 atom stereocenters. The second-order valence-electron chi connectivity index (χ2n) is 7.07. The van der Waals surface area contributed by atoms with Gasteiger partial charge < -0.3 is 4.57 Å². The van der Waals surface area contributed by atoms with Crippen molar-refractivity contribution in [2.75, 3.05) is 0 Å². The topological polar surface area (TPSA) is 43.1 Å². The molecular formula is C22H24N4. The standard InChI is InChI=1S/C22H24N4/c1-16-7-8-19(17(2)14-16)15-23-20-11-9-18(10-12-20)22-25-24-21-6-4-3-5-13-26(21)22/h7-12,14-15H,3-6,13H2,1-2H3. The lowest BCUT2D eigenvalue weighted by atomic mass is 10.1. The summed E-state index contributed by atoms with van der Waals surface area (Å²) in [6.07, 6.45) is 6.66. The van der Waals surface area contributed by atoms with Crippen molar-refractivity contribution in [2.24, 2.45) is 4.99 Å². The summed E-state index contributed by atoms with van der Waals surface area (Å²) in [6.45, 7) is 5.25. The summed E-state index contributed by atoms with van der Waals surface area (Å²) in [5.41, 5.74) is 5.73. The molecule has 0 N–H and O–H groups in total. The summed E-state index contributed by atoms with van der Waals surface area (Å²) in [6, 6.07) is 14.7. The predicted molar refractivity (Wildman–Crippen MR) is 106 cm³/mol. The van der Waals surface area contributed by atoms with Crippen molar-refractivity contribution in [3.63, 3.8) is 0 Å². The summed E-state index contributed by atoms with van der Waals surface area (Å²) in [5.74, 6) is 2.10. The molecule has 0 saturated carbocycles. The van der Waals surface area contributed by atoms with Crippen molar-refractivity contribution in [3.05, 3.63) is 65.0 Å². The minimum atomic E-state index is 0.948. The number of aromatic nitrogens is 3. The molecule has 132 valence electrons. The average molecular weight is 344 g/mol. The van der Waals surface area contributed by atoms with Crippen LogP contribution >= 0.6 is 0 Å². The van der Waals surface area contributed by atoms with E-state index < -0.39 is 0 Å². The number of aryl methyl sites for hydroxylation is 3. The van der Waals surface area contributed by atoms with Crippen LogP contribution in [0.3, 0.4) is 0 Å². The molecule has 0 bridgehead atoms. The number of nitrogens with zero attached hydrogens (tertiary/aromatic N) is 4. The average Bonchev–Trinajstić information content (AvgIpc) is 2.90. The Balaban J connectivity index is 1.56. The van der Waals surface area contributed by atoms with Crippen LogP contribution < -0.4 is 0 Å². The van der Waals surface area contributed by atoms with Gasteiger partial charge in [0, 0.05) is 24.7 Å². The molecular weight excluding hydrogens is 320 g/mol. The van der Waals surface area contributed by atoms with Crippen LogP contribution in [0.2, 0.25) is 0 Å². The monoisotopic (exact) mass is 344 g/mol. The van der Waals surface area contributed by atoms with Gasteiger partial charge in [0.2, 0.25) is 0 Å². The number of rotatable bonds is 3. The van der Waals surface area contributed by atoms with Gasteiger partial charge in [-0.15, -0.1) is 10.2 Å². The fourth-order valence-electron chi connectivity index (χ4n) is 3.51. The summed E-state index contributed by atoms with van der Waals surface area (Å²) < 4.78 is 2.28. The number of hydrogen-bond donors (Lipinski definition) is 0. The van der Waals surface area contributed by atoms with Crippen LogP contribution in [0.5, 0.6) is 0 Å². The van der Waals surface area contributed by atoms with Crippen molar-refractivity contribution in [3.8, 4) is 11.4 Å². The quantitative estimate of drug-likeness (QED) is 0.625. The minimum absolute atomic E-state index is 0.948. The number of fused-ring (bicyclic) bond motifs is 1. The van der Waals surface area contributed by atoms with Crippen LogP contribution in [0.4, 0.5) is 5.69 Å². The normalized spacial score (nSPS) is 14.4. The highest BCUT2D eigenvalue weighted by Gasteiger charge is 2.15. The molecule has 0 aliphatic carbocycles. The lowest BCUT2D eigenvalue weighted by Gasteiger charge is -2.07. The van der Waals surface area contributed by atoms with Crippen LogP contribution in [0, 0.1) is 13.8 Å². The fourth-order valence-corrected chi connectivity index (χ4v) is 3.51. The van der Waals surface area contributed by atoms with Crippen LogP contribution in [-0.4, -0.2) is 21.0 Å². The maximum Gasteiger partial charge on any atom is 0.163 e. The fraction of sp³-hybridized carbons (Fsp3) is 0.318. The number of aliphatic imine (C=N–C) groups is 1. The molecule has 0 spiro atoms. The maximum atomic E-state index is 4.62. The first kappa shape index (κ1) is 16.7. The first-order chi connectivity index (χ1) is 12.7. The third-order valence-corrected chi connectivity index (χ3v) is 5.01. The van der Waals surface area contributed by atoms with Crippen molar-refractivity contribution >= 4 is 11.9 Å². The third-order valence-electron chi connectivity index (χ3n) is 5.01. The molecule has 4 nitrogen and oxygen atoms in total. The molecule has 26 heavy (non-hydrogen) atoms. The van der Waals surface area contributed by atoms with Gasteiger partial charge in [0.1, 0.15) is 5.82 Å². The molecule has 0 amide bonds. The summed E-state index contributed by atoms with van der Waals surface area (Å²) in [7, 11) is 0. The van der Waals surface area contributed by atoms with E-state index in [1.165, 1.54) is 30.4 Å². The predicted octanol–water partition coefficient (Wildman–Crippen LogP) is 5.04. The van der Waals surface area contributed by atoms with Gasteiger partial charge >= 0.3 is 0 Å². The number of hydrogen-bond acceptors (Lipinski definition) is 3. The molecule has 2 heterocycles. The lowest BCUT2D eigenvalue weighted by molar-refractivity contribution is 0.636. The highest BCUT2D eigenvalue weighted by molar-refractivity contribution is 5.84. The minimum Gasteiger partial charge on any atom is -0.311 e. The van der Waals surface area contributed by atoms with Gasteiger partial charge in [0.25, 0.3) is 0 Å². The van der Waals surface area contributed by atoms with Crippen molar-refractivity contribution in [1.82, 2.24) is 14.8 Å². The molecule has 1 aliphatic heterocycles. The molecule has 1 aliphatic rings. The Morgan fingerprint density at radius 3 is 2.62 bits per heavy atom. The van der Waals surface area contributed by atoms with Gasteiger partial charge in [-0.1, -0.05) is 30.2 Å². The van der Waals surface area contributed by atoms with E-state index in [0.29, 0.717) is 0 Å².